The van der Waals surface area contributed by atoms with Crippen LogP contribution in [0.2, 0.25) is 0 Å². The molecule has 104 valence electrons. The molecular formula is C15H26O3. The minimum absolute atomic E-state index is 0.131. The first-order valence-corrected chi connectivity index (χ1v) is 7.13. The molecule has 3 nitrogen and oxygen atoms in total. The normalized spacial score (nSPS) is 42.1. The Bertz CT molecular complexity index is 322. The van der Waals surface area contributed by atoms with Crippen LogP contribution < -0.4 is 0 Å². The molecule has 0 aromatic heterocycles. The fourth-order valence-electron chi connectivity index (χ4n) is 3.92. The van der Waals surface area contributed by atoms with Crippen LogP contribution in [-0.2, 0) is 0 Å². The first kappa shape index (κ1) is 14.0. The van der Waals surface area contributed by atoms with Crippen molar-refractivity contribution in [3.05, 3.63) is 11.6 Å². The van der Waals surface area contributed by atoms with Gasteiger partial charge in [-0.15, -0.1) is 0 Å². The molecule has 0 amide bonds. The third-order valence-corrected chi connectivity index (χ3v) is 5.17. The summed E-state index contributed by atoms with van der Waals surface area (Å²) in [6.07, 6.45) is 5.82. The molecule has 2 aliphatic rings. The van der Waals surface area contributed by atoms with Crippen LogP contribution in [0.25, 0.3) is 0 Å². The topological polar surface area (TPSA) is 60.7 Å². The second-order valence-corrected chi connectivity index (χ2v) is 6.43. The highest BCUT2D eigenvalue weighted by molar-refractivity contribution is 5.15. The lowest BCUT2D eigenvalue weighted by atomic mass is 9.58. The number of hydrogen-bond acceptors (Lipinski definition) is 3. The van der Waals surface area contributed by atoms with Crippen LogP contribution in [0.3, 0.4) is 0 Å². The van der Waals surface area contributed by atoms with Crippen LogP contribution >= 0.6 is 0 Å². The van der Waals surface area contributed by atoms with E-state index in [1.54, 1.807) is 0 Å². The number of aliphatic hydroxyl groups is 3. The van der Waals surface area contributed by atoms with Gasteiger partial charge in [0, 0.05) is 6.61 Å². The molecule has 1 fully saturated rings. The van der Waals surface area contributed by atoms with Crippen LogP contribution in [0.5, 0.6) is 0 Å². The standard InChI is InChI=1S/C15H26O3/c1-10(8-16)12-5-6-15(2,18)14-4-3-11(9-17)7-13(12)14/h7,10,12-14,16-18H,3-6,8-9H2,1-2H3/t10?,12-,13-,14+,15+/m0/s1. The molecule has 1 unspecified atom stereocenters. The maximum absolute atomic E-state index is 10.5. The first-order valence-electron chi connectivity index (χ1n) is 7.13. The molecule has 18 heavy (non-hydrogen) atoms. The number of aliphatic hydroxyl groups excluding tert-OH is 2. The highest BCUT2D eigenvalue weighted by atomic mass is 16.3. The summed E-state index contributed by atoms with van der Waals surface area (Å²) in [7, 11) is 0. The van der Waals surface area contributed by atoms with Crippen molar-refractivity contribution in [3.8, 4) is 0 Å². The molecule has 0 aliphatic heterocycles. The molecule has 0 heterocycles. The van der Waals surface area contributed by atoms with Crippen molar-refractivity contribution in [2.24, 2.45) is 23.7 Å². The Balaban J connectivity index is 2.26. The Morgan fingerprint density at radius 3 is 2.72 bits per heavy atom. The van der Waals surface area contributed by atoms with E-state index in [9.17, 15) is 15.3 Å². The fraction of sp³-hybridized carbons (Fsp3) is 0.867. The molecule has 5 atom stereocenters. The van der Waals surface area contributed by atoms with Crippen molar-refractivity contribution in [3.63, 3.8) is 0 Å². The summed E-state index contributed by atoms with van der Waals surface area (Å²) >= 11 is 0. The Kier molecular flexibility index (Phi) is 4.15. The van der Waals surface area contributed by atoms with E-state index < -0.39 is 5.60 Å². The minimum atomic E-state index is -0.589. The summed E-state index contributed by atoms with van der Waals surface area (Å²) in [5.41, 5.74) is 0.512. The molecule has 2 aliphatic carbocycles. The predicted molar refractivity (Wildman–Crippen MR) is 71.0 cm³/mol. The van der Waals surface area contributed by atoms with Gasteiger partial charge in [-0.25, -0.2) is 0 Å². The molecule has 1 saturated carbocycles. The molecular weight excluding hydrogens is 228 g/mol. The summed E-state index contributed by atoms with van der Waals surface area (Å²) in [5.74, 6) is 1.29. The van der Waals surface area contributed by atoms with Gasteiger partial charge in [0.2, 0.25) is 0 Å². The zero-order valence-corrected chi connectivity index (χ0v) is 11.5. The van der Waals surface area contributed by atoms with Crippen LogP contribution in [0.4, 0.5) is 0 Å². The molecule has 3 N–H and O–H groups in total. The van der Waals surface area contributed by atoms with E-state index in [0.717, 1.165) is 31.3 Å². The van der Waals surface area contributed by atoms with Gasteiger partial charge in [-0.1, -0.05) is 13.0 Å². The zero-order valence-electron chi connectivity index (χ0n) is 11.5. The molecule has 0 spiro atoms. The Hall–Kier alpha value is -0.380. The summed E-state index contributed by atoms with van der Waals surface area (Å²) in [6.45, 7) is 4.37. The third-order valence-electron chi connectivity index (χ3n) is 5.17. The molecule has 0 saturated heterocycles. The zero-order chi connectivity index (χ0) is 13.3. The Morgan fingerprint density at radius 1 is 1.39 bits per heavy atom. The van der Waals surface area contributed by atoms with Gasteiger partial charge in [0.15, 0.2) is 0 Å². The maximum Gasteiger partial charge on any atom is 0.0653 e. The van der Waals surface area contributed by atoms with Crippen LogP contribution in [0, 0.1) is 23.7 Å². The van der Waals surface area contributed by atoms with Crippen molar-refractivity contribution in [1.82, 2.24) is 0 Å². The van der Waals surface area contributed by atoms with Gasteiger partial charge in [0.1, 0.15) is 0 Å². The number of fused-ring (bicyclic) bond motifs is 1. The van der Waals surface area contributed by atoms with Crippen molar-refractivity contribution < 1.29 is 15.3 Å². The average molecular weight is 254 g/mol. The lowest BCUT2D eigenvalue weighted by Crippen LogP contribution is -2.48. The largest absolute Gasteiger partial charge is 0.396 e. The molecule has 3 heteroatoms. The monoisotopic (exact) mass is 254 g/mol. The van der Waals surface area contributed by atoms with E-state index >= 15 is 0 Å². The quantitative estimate of drug-likeness (QED) is 0.672. The highest BCUT2D eigenvalue weighted by Crippen LogP contribution is 2.49. The molecule has 0 aromatic carbocycles. The van der Waals surface area contributed by atoms with Crippen LogP contribution in [0.1, 0.15) is 39.5 Å². The minimum Gasteiger partial charge on any atom is -0.396 e. The van der Waals surface area contributed by atoms with Crippen LogP contribution in [0.15, 0.2) is 11.6 Å². The summed E-state index contributed by atoms with van der Waals surface area (Å²) in [5, 5.41) is 29.3. The average Bonchev–Trinajstić information content (AvgIpc) is 2.37. The molecule has 0 radical (unpaired) electrons. The van der Waals surface area contributed by atoms with E-state index in [1.807, 2.05) is 6.92 Å². The maximum atomic E-state index is 10.5. The first-order chi connectivity index (χ1) is 8.49. The van der Waals surface area contributed by atoms with Crippen molar-refractivity contribution in [2.45, 2.75) is 45.1 Å². The van der Waals surface area contributed by atoms with Gasteiger partial charge < -0.3 is 15.3 Å². The smallest absolute Gasteiger partial charge is 0.0653 e. The molecule has 2 rings (SSSR count). The van der Waals surface area contributed by atoms with Gasteiger partial charge in [0.05, 0.1) is 12.2 Å². The van der Waals surface area contributed by atoms with Gasteiger partial charge >= 0.3 is 0 Å². The molecule has 0 bridgehead atoms. The molecule has 0 aromatic rings. The van der Waals surface area contributed by atoms with E-state index in [4.69, 9.17) is 0 Å². The Morgan fingerprint density at radius 2 is 2.11 bits per heavy atom. The van der Waals surface area contributed by atoms with E-state index in [1.165, 1.54) is 0 Å². The van der Waals surface area contributed by atoms with Gasteiger partial charge in [-0.05, 0) is 61.9 Å². The number of rotatable bonds is 3. The lowest BCUT2D eigenvalue weighted by molar-refractivity contribution is -0.0856. The number of hydrogen-bond donors (Lipinski definition) is 3. The van der Waals surface area contributed by atoms with Crippen molar-refractivity contribution >= 4 is 0 Å². The van der Waals surface area contributed by atoms with E-state index in [0.29, 0.717) is 11.8 Å². The highest BCUT2D eigenvalue weighted by Gasteiger charge is 2.46. The summed E-state index contributed by atoms with van der Waals surface area (Å²) in [6, 6.07) is 0. The SMILES string of the molecule is CC(CO)[C@@H]1CC[C@@](C)(O)[C@@H]2CCC(CO)=C[C@H]21. The third kappa shape index (κ3) is 2.49. The lowest BCUT2D eigenvalue weighted by Gasteiger charge is -2.49. The van der Waals surface area contributed by atoms with E-state index in [-0.39, 0.29) is 25.0 Å². The predicted octanol–water partition coefficient (Wildman–Crippen LogP) is 1.72. The second kappa shape index (κ2) is 5.32. The van der Waals surface area contributed by atoms with Crippen LogP contribution in [-0.4, -0.2) is 34.1 Å². The van der Waals surface area contributed by atoms with Gasteiger partial charge in [0.25, 0.3) is 0 Å². The Labute approximate surface area is 110 Å². The summed E-state index contributed by atoms with van der Waals surface area (Å²) < 4.78 is 0. The van der Waals surface area contributed by atoms with Crippen molar-refractivity contribution in [1.29, 1.82) is 0 Å². The second-order valence-electron chi connectivity index (χ2n) is 6.43. The van der Waals surface area contributed by atoms with Crippen molar-refractivity contribution in [2.75, 3.05) is 13.2 Å². The van der Waals surface area contributed by atoms with E-state index in [2.05, 4.69) is 13.0 Å². The fourth-order valence-corrected chi connectivity index (χ4v) is 3.92. The van der Waals surface area contributed by atoms with Gasteiger partial charge in [-0.2, -0.15) is 0 Å². The van der Waals surface area contributed by atoms with Gasteiger partial charge in [-0.3, -0.25) is 0 Å². The summed E-state index contributed by atoms with van der Waals surface area (Å²) in [4.78, 5) is 0. The number of allylic oxidation sites excluding steroid dienone is 1.